The number of halogens is 1. The molecule has 1 aliphatic rings. The van der Waals surface area contributed by atoms with Gasteiger partial charge in [-0.1, -0.05) is 29.8 Å². The Labute approximate surface area is 142 Å². The summed E-state index contributed by atoms with van der Waals surface area (Å²) in [4.78, 5) is 2.34. The fourth-order valence-corrected chi connectivity index (χ4v) is 3.20. The van der Waals surface area contributed by atoms with Gasteiger partial charge in [-0.05, 0) is 55.7 Å². The van der Waals surface area contributed by atoms with Gasteiger partial charge in [0.25, 0.3) is 0 Å². The van der Waals surface area contributed by atoms with Crippen LogP contribution < -0.4 is 10.2 Å². The number of benzene rings is 2. The molecule has 4 heteroatoms. The van der Waals surface area contributed by atoms with Crippen LogP contribution in [-0.2, 0) is 0 Å². The molecular formula is C19H23ClN2O. The van der Waals surface area contributed by atoms with Crippen LogP contribution in [0.2, 0.25) is 5.02 Å². The van der Waals surface area contributed by atoms with Crippen molar-refractivity contribution in [1.82, 2.24) is 0 Å². The van der Waals surface area contributed by atoms with Crippen LogP contribution in [0.25, 0.3) is 0 Å². The third-order valence-electron chi connectivity index (χ3n) is 4.43. The van der Waals surface area contributed by atoms with Crippen molar-refractivity contribution < 1.29 is 5.11 Å². The van der Waals surface area contributed by atoms with Gasteiger partial charge in [0.1, 0.15) is 0 Å². The Hall–Kier alpha value is -1.71. The minimum absolute atomic E-state index is 0.132. The number of nitrogens with zero attached hydrogens (tertiary/aromatic N) is 1. The maximum atomic E-state index is 9.61. The SMILES string of the molecule is CC(Nc1cccc(Cl)c1)c1ccc(N2CCC(O)CC2)cc1. The van der Waals surface area contributed by atoms with E-state index in [1.54, 1.807) is 0 Å². The maximum absolute atomic E-state index is 9.61. The molecule has 3 rings (SSSR count). The molecule has 1 atom stereocenters. The fourth-order valence-electron chi connectivity index (χ4n) is 3.01. The van der Waals surface area contributed by atoms with Crippen LogP contribution in [0.15, 0.2) is 48.5 Å². The van der Waals surface area contributed by atoms with Crippen molar-refractivity contribution in [3.8, 4) is 0 Å². The quantitative estimate of drug-likeness (QED) is 0.868. The Kier molecular flexibility index (Phi) is 5.09. The molecule has 0 spiro atoms. The summed E-state index contributed by atoms with van der Waals surface area (Å²) in [5, 5.41) is 13.8. The zero-order valence-electron chi connectivity index (χ0n) is 13.4. The summed E-state index contributed by atoms with van der Waals surface area (Å²) in [6.45, 7) is 4.00. The maximum Gasteiger partial charge on any atom is 0.0574 e. The summed E-state index contributed by atoms with van der Waals surface area (Å²) >= 11 is 6.03. The van der Waals surface area contributed by atoms with Crippen molar-refractivity contribution >= 4 is 23.0 Å². The fraction of sp³-hybridized carbons (Fsp3) is 0.368. The van der Waals surface area contributed by atoms with Crippen LogP contribution in [0.5, 0.6) is 0 Å². The molecule has 23 heavy (non-hydrogen) atoms. The molecule has 0 aromatic heterocycles. The lowest BCUT2D eigenvalue weighted by atomic mass is 10.0. The van der Waals surface area contributed by atoms with Gasteiger partial charge in [-0.3, -0.25) is 0 Å². The van der Waals surface area contributed by atoms with E-state index in [1.165, 1.54) is 11.3 Å². The Balaban J connectivity index is 1.64. The second-order valence-electron chi connectivity index (χ2n) is 6.19. The van der Waals surface area contributed by atoms with Crippen LogP contribution in [-0.4, -0.2) is 24.3 Å². The Morgan fingerprint density at radius 2 is 1.83 bits per heavy atom. The molecule has 0 bridgehead atoms. The van der Waals surface area contributed by atoms with E-state index in [2.05, 4.69) is 41.4 Å². The monoisotopic (exact) mass is 330 g/mol. The molecule has 0 saturated carbocycles. The number of aliphatic hydroxyl groups excluding tert-OH is 1. The van der Waals surface area contributed by atoms with Crippen LogP contribution in [0.3, 0.4) is 0 Å². The minimum Gasteiger partial charge on any atom is -0.393 e. The smallest absolute Gasteiger partial charge is 0.0574 e. The lowest BCUT2D eigenvalue weighted by Crippen LogP contribution is -2.35. The molecule has 1 fully saturated rings. The van der Waals surface area contributed by atoms with Crippen molar-refractivity contribution in [1.29, 1.82) is 0 Å². The van der Waals surface area contributed by atoms with Gasteiger partial charge < -0.3 is 15.3 Å². The minimum atomic E-state index is -0.132. The summed E-state index contributed by atoms with van der Waals surface area (Å²) < 4.78 is 0. The van der Waals surface area contributed by atoms with Gasteiger partial charge in [-0.15, -0.1) is 0 Å². The standard InChI is InChI=1S/C19H23ClN2O/c1-14(21-17-4-2-3-16(20)13-17)15-5-7-18(8-6-15)22-11-9-19(23)10-12-22/h2-8,13-14,19,21,23H,9-12H2,1H3. The van der Waals surface area contributed by atoms with Crippen molar-refractivity contribution in [2.24, 2.45) is 0 Å². The lowest BCUT2D eigenvalue weighted by molar-refractivity contribution is 0.145. The highest BCUT2D eigenvalue weighted by Crippen LogP contribution is 2.25. The zero-order chi connectivity index (χ0) is 16.2. The largest absolute Gasteiger partial charge is 0.393 e. The molecule has 122 valence electrons. The molecule has 0 aliphatic carbocycles. The van der Waals surface area contributed by atoms with Gasteiger partial charge in [0.2, 0.25) is 0 Å². The normalized spacial score (nSPS) is 17.1. The third kappa shape index (κ3) is 4.18. The number of anilines is 2. The molecule has 1 aliphatic heterocycles. The number of rotatable bonds is 4. The van der Waals surface area contributed by atoms with Gasteiger partial charge in [0, 0.05) is 35.5 Å². The molecule has 2 aromatic rings. The highest BCUT2D eigenvalue weighted by atomic mass is 35.5. The average Bonchev–Trinajstić information content (AvgIpc) is 2.56. The first-order valence-electron chi connectivity index (χ1n) is 8.17. The van der Waals surface area contributed by atoms with Gasteiger partial charge in [-0.2, -0.15) is 0 Å². The third-order valence-corrected chi connectivity index (χ3v) is 4.67. The summed E-state index contributed by atoms with van der Waals surface area (Å²) in [7, 11) is 0. The highest BCUT2D eigenvalue weighted by molar-refractivity contribution is 6.30. The summed E-state index contributed by atoms with van der Waals surface area (Å²) in [5.41, 5.74) is 3.50. The van der Waals surface area contributed by atoms with Crippen LogP contribution in [0, 0.1) is 0 Å². The molecule has 2 aromatic carbocycles. The molecule has 1 saturated heterocycles. The molecule has 1 unspecified atom stereocenters. The van der Waals surface area contributed by atoms with E-state index in [1.807, 2.05) is 24.3 Å². The second-order valence-corrected chi connectivity index (χ2v) is 6.62. The number of hydrogen-bond acceptors (Lipinski definition) is 3. The Morgan fingerprint density at radius 1 is 1.13 bits per heavy atom. The van der Waals surface area contributed by atoms with Crippen LogP contribution in [0.4, 0.5) is 11.4 Å². The van der Waals surface area contributed by atoms with E-state index in [-0.39, 0.29) is 12.1 Å². The van der Waals surface area contributed by atoms with E-state index < -0.39 is 0 Å². The highest BCUT2D eigenvalue weighted by Gasteiger charge is 2.17. The number of hydrogen-bond donors (Lipinski definition) is 2. The predicted molar refractivity (Wildman–Crippen MR) is 97.4 cm³/mol. The Morgan fingerprint density at radius 3 is 2.48 bits per heavy atom. The number of aliphatic hydroxyl groups is 1. The van der Waals surface area contributed by atoms with E-state index in [9.17, 15) is 5.11 Å². The van der Waals surface area contributed by atoms with Crippen LogP contribution >= 0.6 is 11.6 Å². The predicted octanol–water partition coefficient (Wildman–Crippen LogP) is 4.47. The molecule has 0 amide bonds. The second kappa shape index (κ2) is 7.24. The summed E-state index contributed by atoms with van der Waals surface area (Å²) in [6, 6.07) is 16.7. The number of nitrogens with one attached hydrogen (secondary N) is 1. The summed E-state index contributed by atoms with van der Waals surface area (Å²) in [6.07, 6.45) is 1.58. The van der Waals surface area contributed by atoms with Gasteiger partial charge >= 0.3 is 0 Å². The van der Waals surface area contributed by atoms with Gasteiger partial charge in [0.15, 0.2) is 0 Å². The van der Waals surface area contributed by atoms with E-state index >= 15 is 0 Å². The van der Waals surface area contributed by atoms with Crippen molar-refractivity contribution in [2.75, 3.05) is 23.3 Å². The zero-order valence-corrected chi connectivity index (χ0v) is 14.1. The first-order chi connectivity index (χ1) is 11.1. The van der Waals surface area contributed by atoms with E-state index in [0.717, 1.165) is 36.6 Å². The van der Waals surface area contributed by atoms with Crippen molar-refractivity contribution in [3.63, 3.8) is 0 Å². The summed E-state index contributed by atoms with van der Waals surface area (Å²) in [5.74, 6) is 0. The van der Waals surface area contributed by atoms with Gasteiger partial charge in [-0.25, -0.2) is 0 Å². The molecule has 2 N–H and O–H groups in total. The van der Waals surface area contributed by atoms with Crippen LogP contribution in [0.1, 0.15) is 31.4 Å². The van der Waals surface area contributed by atoms with E-state index in [0.29, 0.717) is 0 Å². The first kappa shape index (κ1) is 16.2. The van der Waals surface area contributed by atoms with Crippen molar-refractivity contribution in [2.45, 2.75) is 31.9 Å². The van der Waals surface area contributed by atoms with E-state index in [4.69, 9.17) is 11.6 Å². The topological polar surface area (TPSA) is 35.5 Å². The van der Waals surface area contributed by atoms with Gasteiger partial charge in [0.05, 0.1) is 6.10 Å². The molecule has 3 nitrogen and oxygen atoms in total. The van der Waals surface area contributed by atoms with Crippen molar-refractivity contribution in [3.05, 3.63) is 59.1 Å². The number of piperidine rings is 1. The lowest BCUT2D eigenvalue weighted by Gasteiger charge is -2.31. The molecular weight excluding hydrogens is 308 g/mol. The average molecular weight is 331 g/mol. The Bertz CT molecular complexity index is 636. The molecule has 0 radical (unpaired) electrons. The molecule has 1 heterocycles. The first-order valence-corrected chi connectivity index (χ1v) is 8.55.